The molecule has 0 aliphatic carbocycles. The molecule has 0 spiro atoms. The first-order chi connectivity index (χ1) is 13.6. The van der Waals surface area contributed by atoms with Crippen molar-refractivity contribution >= 4 is 29.3 Å². The van der Waals surface area contributed by atoms with Crippen molar-refractivity contribution in [1.29, 1.82) is 0 Å². The zero-order valence-electron chi connectivity index (χ0n) is 14.9. The fraction of sp³-hybridized carbons (Fsp3) is 0.0952. The molecule has 3 aromatic rings. The molecule has 0 fully saturated rings. The van der Waals surface area contributed by atoms with Crippen LogP contribution in [0.5, 0.6) is 5.75 Å². The first-order valence-corrected chi connectivity index (χ1v) is 9.43. The number of carbonyl (C=O) groups is 1. The summed E-state index contributed by atoms with van der Waals surface area (Å²) in [6.07, 6.45) is 1.69. The van der Waals surface area contributed by atoms with Crippen molar-refractivity contribution in [3.05, 3.63) is 80.9 Å². The highest BCUT2D eigenvalue weighted by molar-refractivity contribution is 8.04. The van der Waals surface area contributed by atoms with E-state index in [2.05, 4.69) is 0 Å². The van der Waals surface area contributed by atoms with Gasteiger partial charge in [-0.25, -0.2) is 0 Å². The second-order valence-electron chi connectivity index (χ2n) is 6.01. The zero-order chi connectivity index (χ0) is 19.7. The number of nitro benzene ring substituents is 1. The summed E-state index contributed by atoms with van der Waals surface area (Å²) in [7, 11) is 0. The maximum atomic E-state index is 12.5. The molecule has 6 nitrogen and oxygen atoms in total. The molecule has 0 saturated heterocycles. The molecule has 0 radical (unpaired) electrons. The minimum atomic E-state index is -0.481. The predicted octanol–water partition coefficient (Wildman–Crippen LogP) is 5.58. The number of thioether (sulfide) groups is 1. The molecule has 2 heterocycles. The Bertz CT molecular complexity index is 1120. The normalized spacial score (nSPS) is 14.3. The Hall–Kier alpha value is -3.32. The van der Waals surface area contributed by atoms with Crippen molar-refractivity contribution < 1.29 is 18.9 Å². The van der Waals surface area contributed by atoms with Crippen molar-refractivity contribution in [3.8, 4) is 17.1 Å². The molecule has 0 N–H and O–H groups in total. The summed E-state index contributed by atoms with van der Waals surface area (Å²) in [6, 6.07) is 15.6. The Kier molecular flexibility index (Phi) is 4.75. The molecular weight excluding hydrogens is 378 g/mol. The van der Waals surface area contributed by atoms with E-state index in [4.69, 9.17) is 9.15 Å². The number of nitrogens with zero attached hydrogens (tertiary/aromatic N) is 1. The standard InChI is InChI=1S/C21H15NO5S/c1-2-26-18-9-7-13(11-16(18)22(24)25)17-10-8-14(27-17)12-20-21(23)15-5-3-4-6-19(15)28-20/h3-12H,2H2,1H3/b20-12-. The number of carbonyl (C=O) groups excluding carboxylic acids is 1. The molecule has 0 saturated carbocycles. The Morgan fingerprint density at radius 3 is 2.75 bits per heavy atom. The van der Waals surface area contributed by atoms with Gasteiger partial charge >= 0.3 is 5.69 Å². The van der Waals surface area contributed by atoms with E-state index in [0.717, 1.165) is 4.90 Å². The van der Waals surface area contributed by atoms with Crippen molar-refractivity contribution in [2.75, 3.05) is 6.61 Å². The van der Waals surface area contributed by atoms with Crippen molar-refractivity contribution in [2.45, 2.75) is 11.8 Å². The largest absolute Gasteiger partial charge is 0.487 e. The summed E-state index contributed by atoms with van der Waals surface area (Å²) in [6.45, 7) is 2.11. The van der Waals surface area contributed by atoms with Gasteiger partial charge in [0.1, 0.15) is 11.5 Å². The fourth-order valence-electron chi connectivity index (χ4n) is 2.94. The minimum Gasteiger partial charge on any atom is -0.487 e. The average molecular weight is 393 g/mol. The monoisotopic (exact) mass is 393 g/mol. The van der Waals surface area contributed by atoms with Gasteiger partial charge in [0.05, 0.1) is 16.4 Å². The van der Waals surface area contributed by atoms with Crippen molar-refractivity contribution in [1.82, 2.24) is 0 Å². The second kappa shape index (κ2) is 7.36. The number of hydrogen-bond donors (Lipinski definition) is 0. The summed E-state index contributed by atoms with van der Waals surface area (Å²) in [5, 5.41) is 11.3. The van der Waals surface area contributed by atoms with E-state index in [1.54, 1.807) is 43.3 Å². The van der Waals surface area contributed by atoms with E-state index < -0.39 is 4.92 Å². The molecule has 0 atom stereocenters. The number of fused-ring (bicyclic) bond motifs is 1. The van der Waals surface area contributed by atoms with Crippen LogP contribution in [0.4, 0.5) is 5.69 Å². The van der Waals surface area contributed by atoms with E-state index >= 15 is 0 Å². The summed E-state index contributed by atoms with van der Waals surface area (Å²) in [4.78, 5) is 24.8. The number of ether oxygens (including phenoxy) is 1. The lowest BCUT2D eigenvalue weighted by Crippen LogP contribution is -1.97. The summed E-state index contributed by atoms with van der Waals surface area (Å²) < 4.78 is 11.1. The predicted molar refractivity (Wildman–Crippen MR) is 107 cm³/mol. The van der Waals surface area contributed by atoms with Crippen LogP contribution in [-0.2, 0) is 0 Å². The highest BCUT2D eigenvalue weighted by Crippen LogP contribution is 2.41. The molecule has 7 heteroatoms. The molecule has 0 amide bonds. The van der Waals surface area contributed by atoms with Crippen LogP contribution in [0.1, 0.15) is 23.0 Å². The quantitative estimate of drug-likeness (QED) is 0.319. The van der Waals surface area contributed by atoms with Gasteiger partial charge in [-0.15, -0.1) is 0 Å². The molecule has 0 unspecified atom stereocenters. The molecule has 140 valence electrons. The van der Waals surface area contributed by atoms with E-state index in [-0.39, 0.29) is 17.2 Å². The first kappa shape index (κ1) is 18.1. The van der Waals surface area contributed by atoms with Crippen LogP contribution in [0.2, 0.25) is 0 Å². The van der Waals surface area contributed by atoms with E-state index in [0.29, 0.717) is 34.2 Å². The van der Waals surface area contributed by atoms with Gasteiger partial charge in [-0.1, -0.05) is 23.9 Å². The van der Waals surface area contributed by atoms with Gasteiger partial charge in [-0.3, -0.25) is 14.9 Å². The molecule has 0 bridgehead atoms. The average Bonchev–Trinajstić information content (AvgIpc) is 3.28. The number of nitro groups is 1. The van der Waals surface area contributed by atoms with Crippen LogP contribution in [0, 0.1) is 10.1 Å². The Labute approximate surface area is 165 Å². The summed E-state index contributed by atoms with van der Waals surface area (Å²) in [5.41, 5.74) is 1.13. The van der Waals surface area contributed by atoms with E-state index in [1.165, 1.54) is 17.8 Å². The van der Waals surface area contributed by atoms with Gasteiger partial charge in [0.15, 0.2) is 5.75 Å². The number of hydrogen-bond acceptors (Lipinski definition) is 6. The topological polar surface area (TPSA) is 82.6 Å². The number of rotatable bonds is 5. The van der Waals surface area contributed by atoms with Gasteiger partial charge in [0, 0.05) is 22.1 Å². The SMILES string of the molecule is CCOc1ccc(-c2ccc(/C=C3\Sc4ccccc4C3=O)o2)cc1[N+](=O)[O-]. The number of Topliss-reactive ketones (excluding diaryl/α,β-unsaturated/α-hetero) is 1. The van der Waals surface area contributed by atoms with Crippen LogP contribution in [0.3, 0.4) is 0 Å². The molecule has 4 rings (SSSR count). The molecular formula is C21H15NO5S. The smallest absolute Gasteiger partial charge is 0.311 e. The maximum absolute atomic E-state index is 12.5. The van der Waals surface area contributed by atoms with E-state index in [1.807, 2.05) is 18.2 Å². The van der Waals surface area contributed by atoms with Crippen LogP contribution >= 0.6 is 11.8 Å². The Balaban J connectivity index is 1.63. The Morgan fingerprint density at radius 2 is 2.00 bits per heavy atom. The first-order valence-electron chi connectivity index (χ1n) is 8.61. The number of allylic oxidation sites excluding steroid dienone is 1. The van der Waals surface area contributed by atoms with Gasteiger partial charge in [0.2, 0.25) is 5.78 Å². The van der Waals surface area contributed by atoms with Gasteiger partial charge in [-0.05, 0) is 49.4 Å². The minimum absolute atomic E-state index is 0.0322. The van der Waals surface area contributed by atoms with E-state index in [9.17, 15) is 14.9 Å². The van der Waals surface area contributed by atoms with Crippen molar-refractivity contribution in [3.63, 3.8) is 0 Å². The summed E-state index contributed by atoms with van der Waals surface area (Å²) in [5.74, 6) is 1.17. The fourth-order valence-corrected chi connectivity index (χ4v) is 3.97. The molecule has 1 aliphatic heterocycles. The number of furan rings is 1. The number of benzene rings is 2. The lowest BCUT2D eigenvalue weighted by Gasteiger charge is -2.05. The molecule has 1 aliphatic rings. The van der Waals surface area contributed by atoms with Gasteiger partial charge in [0.25, 0.3) is 0 Å². The molecule has 2 aromatic carbocycles. The lowest BCUT2D eigenvalue weighted by molar-refractivity contribution is -0.385. The highest BCUT2D eigenvalue weighted by atomic mass is 32.2. The lowest BCUT2D eigenvalue weighted by atomic mass is 10.1. The Morgan fingerprint density at radius 1 is 1.18 bits per heavy atom. The second-order valence-corrected chi connectivity index (χ2v) is 7.09. The van der Waals surface area contributed by atoms with Gasteiger partial charge in [-0.2, -0.15) is 0 Å². The third-order valence-electron chi connectivity index (χ3n) is 4.22. The van der Waals surface area contributed by atoms with Crippen LogP contribution in [0.15, 0.2) is 68.8 Å². The zero-order valence-corrected chi connectivity index (χ0v) is 15.7. The molecule has 1 aromatic heterocycles. The third-order valence-corrected chi connectivity index (χ3v) is 5.31. The molecule has 28 heavy (non-hydrogen) atoms. The maximum Gasteiger partial charge on any atom is 0.311 e. The number of ketones is 1. The van der Waals surface area contributed by atoms with Crippen LogP contribution in [-0.4, -0.2) is 17.3 Å². The van der Waals surface area contributed by atoms with Crippen LogP contribution in [0.25, 0.3) is 17.4 Å². The third kappa shape index (κ3) is 3.32. The summed E-state index contributed by atoms with van der Waals surface area (Å²) >= 11 is 1.40. The van der Waals surface area contributed by atoms with Gasteiger partial charge < -0.3 is 9.15 Å². The van der Waals surface area contributed by atoms with Crippen molar-refractivity contribution in [2.24, 2.45) is 0 Å². The highest BCUT2D eigenvalue weighted by Gasteiger charge is 2.25. The van der Waals surface area contributed by atoms with Crippen LogP contribution < -0.4 is 4.74 Å².